The number of aliphatic carboxylic acids is 1. The molecule has 0 bridgehead atoms. The third kappa shape index (κ3) is 1.35. The van der Waals surface area contributed by atoms with E-state index < -0.39 is 5.97 Å². The van der Waals surface area contributed by atoms with Crippen LogP contribution >= 0.6 is 12.4 Å². The predicted molar refractivity (Wildman–Crippen MR) is 31.3 cm³/mol. The van der Waals surface area contributed by atoms with Gasteiger partial charge in [0.1, 0.15) is 6.04 Å². The Labute approximate surface area is 53.5 Å². The predicted octanol–water partition coefficient (Wildman–Crippen LogP) is -0.145. The largest absolute Gasteiger partial charge is 0.480 e. The zero-order valence-electron chi connectivity index (χ0n) is 4.26. The molecule has 0 saturated carbocycles. The monoisotopic (exact) mass is 137 g/mol. The first-order valence-corrected chi connectivity index (χ1v) is 2.27. The van der Waals surface area contributed by atoms with Crippen molar-refractivity contribution in [2.24, 2.45) is 0 Å². The van der Waals surface area contributed by atoms with Crippen molar-refractivity contribution in [1.29, 1.82) is 0 Å². The fraction of sp³-hybridized carbons (Fsp3) is 0.750. The Morgan fingerprint density at radius 2 is 2.25 bits per heavy atom. The van der Waals surface area contributed by atoms with Gasteiger partial charge in [0.2, 0.25) is 0 Å². The highest BCUT2D eigenvalue weighted by atomic mass is 35.5. The summed E-state index contributed by atoms with van der Waals surface area (Å²) in [6.45, 7) is 0.858. The molecule has 1 fully saturated rings. The lowest BCUT2D eigenvalue weighted by Crippen LogP contribution is -2.48. The molecule has 1 atom stereocenters. The minimum atomic E-state index is -0.730. The smallest absolute Gasteiger partial charge is 0.320 e. The van der Waals surface area contributed by atoms with E-state index in [1.165, 1.54) is 0 Å². The molecule has 2 N–H and O–H groups in total. The summed E-state index contributed by atoms with van der Waals surface area (Å²) in [6, 6.07) is -0.250. The molecule has 1 saturated heterocycles. The summed E-state index contributed by atoms with van der Waals surface area (Å²) in [7, 11) is 0. The number of hydrogen-bond acceptors (Lipinski definition) is 2. The van der Waals surface area contributed by atoms with Crippen LogP contribution in [-0.4, -0.2) is 23.7 Å². The van der Waals surface area contributed by atoms with Gasteiger partial charge in [-0.25, -0.2) is 0 Å². The molecule has 1 heterocycles. The van der Waals surface area contributed by atoms with Crippen LogP contribution in [0, 0.1) is 0 Å². The second-order valence-electron chi connectivity index (χ2n) is 1.63. The molecular weight excluding hydrogens is 130 g/mol. The highest BCUT2D eigenvalue weighted by Gasteiger charge is 2.22. The Morgan fingerprint density at radius 1 is 1.75 bits per heavy atom. The Kier molecular flexibility index (Phi) is 2.79. The maximum absolute atomic E-state index is 9.92. The molecule has 0 unspecified atom stereocenters. The quantitative estimate of drug-likeness (QED) is 0.529. The van der Waals surface area contributed by atoms with Crippen LogP contribution in [0.25, 0.3) is 0 Å². The van der Waals surface area contributed by atoms with Gasteiger partial charge in [-0.1, -0.05) is 0 Å². The Morgan fingerprint density at radius 3 is 2.25 bits per heavy atom. The van der Waals surface area contributed by atoms with E-state index in [9.17, 15) is 4.79 Å². The van der Waals surface area contributed by atoms with Gasteiger partial charge in [0, 0.05) is 0 Å². The van der Waals surface area contributed by atoms with Crippen LogP contribution in [0.2, 0.25) is 0 Å². The molecule has 0 aromatic rings. The van der Waals surface area contributed by atoms with Gasteiger partial charge in [0.25, 0.3) is 0 Å². The van der Waals surface area contributed by atoms with E-state index in [0.29, 0.717) is 0 Å². The van der Waals surface area contributed by atoms with Crippen LogP contribution in [-0.2, 0) is 4.79 Å². The van der Waals surface area contributed by atoms with Crippen molar-refractivity contribution in [3.63, 3.8) is 0 Å². The molecule has 0 aromatic carbocycles. The lowest BCUT2D eigenvalue weighted by atomic mass is 10.1. The molecular formula is C4H8ClNO2. The maximum Gasteiger partial charge on any atom is 0.320 e. The van der Waals surface area contributed by atoms with Crippen molar-refractivity contribution >= 4 is 18.4 Å². The first-order chi connectivity index (χ1) is 3.30. The Balaban J connectivity index is 0.000000490. The Bertz CT molecular complexity index is 92.0. The Hall–Kier alpha value is -0.280. The van der Waals surface area contributed by atoms with E-state index in [-0.39, 0.29) is 18.4 Å². The van der Waals surface area contributed by atoms with Crippen LogP contribution in [0.1, 0.15) is 6.42 Å². The first-order valence-electron chi connectivity index (χ1n) is 2.27. The van der Waals surface area contributed by atoms with Gasteiger partial charge < -0.3 is 10.4 Å². The number of rotatable bonds is 1. The van der Waals surface area contributed by atoms with E-state index in [4.69, 9.17) is 5.11 Å². The van der Waals surface area contributed by atoms with Gasteiger partial charge in [-0.15, -0.1) is 12.4 Å². The summed E-state index contributed by atoms with van der Waals surface area (Å²) in [6.07, 6.45) is 0.787. The number of carboxylic acid groups (broad SMARTS) is 1. The molecule has 0 spiro atoms. The summed E-state index contributed by atoms with van der Waals surface area (Å²) in [5.74, 6) is -0.730. The number of carbonyl (C=O) groups is 1. The fourth-order valence-corrected chi connectivity index (χ4v) is 0.499. The average Bonchev–Trinajstić information content (AvgIpc) is 1.23. The van der Waals surface area contributed by atoms with E-state index in [1.807, 2.05) is 0 Å². The molecule has 3 nitrogen and oxygen atoms in total. The van der Waals surface area contributed by atoms with E-state index >= 15 is 0 Å². The molecule has 0 aromatic heterocycles. The standard InChI is InChI=1S/C4H7NO2.ClH/c6-4(7)3-1-2-5-3;/h3,5H,1-2H2,(H,6,7);1H/t3-;/m1./s1. The highest BCUT2D eigenvalue weighted by molar-refractivity contribution is 5.85. The SMILES string of the molecule is Cl.O=C(O)[C@H]1CCN1. The second-order valence-corrected chi connectivity index (χ2v) is 1.63. The number of carboxylic acids is 1. The van der Waals surface area contributed by atoms with Gasteiger partial charge in [-0.05, 0) is 13.0 Å². The topological polar surface area (TPSA) is 49.3 Å². The molecule has 1 aliphatic rings. The summed E-state index contributed by atoms with van der Waals surface area (Å²) >= 11 is 0. The minimum absolute atomic E-state index is 0. The van der Waals surface area contributed by atoms with Crippen LogP contribution in [0.5, 0.6) is 0 Å². The normalized spacial score (nSPS) is 25.2. The van der Waals surface area contributed by atoms with Crippen molar-refractivity contribution in [2.75, 3.05) is 6.54 Å². The molecule has 1 aliphatic heterocycles. The molecule has 0 amide bonds. The molecule has 48 valence electrons. The number of hydrogen-bond donors (Lipinski definition) is 2. The molecule has 0 aliphatic carbocycles. The summed E-state index contributed by atoms with van der Waals surface area (Å²) in [4.78, 5) is 9.92. The van der Waals surface area contributed by atoms with Crippen LogP contribution in [0.15, 0.2) is 0 Å². The zero-order valence-corrected chi connectivity index (χ0v) is 5.07. The fourth-order valence-electron chi connectivity index (χ4n) is 0.499. The average molecular weight is 138 g/mol. The number of halogens is 1. The summed E-state index contributed by atoms with van der Waals surface area (Å²) in [5, 5.41) is 10.9. The minimum Gasteiger partial charge on any atom is -0.480 e. The third-order valence-corrected chi connectivity index (χ3v) is 1.12. The van der Waals surface area contributed by atoms with Crippen LogP contribution in [0.4, 0.5) is 0 Å². The third-order valence-electron chi connectivity index (χ3n) is 1.12. The van der Waals surface area contributed by atoms with E-state index in [0.717, 1.165) is 13.0 Å². The first kappa shape index (κ1) is 7.72. The van der Waals surface area contributed by atoms with Crippen molar-refractivity contribution < 1.29 is 9.90 Å². The molecule has 8 heavy (non-hydrogen) atoms. The van der Waals surface area contributed by atoms with Gasteiger partial charge in [-0.3, -0.25) is 4.79 Å². The maximum atomic E-state index is 9.92. The zero-order chi connectivity index (χ0) is 5.28. The van der Waals surface area contributed by atoms with Gasteiger partial charge in [0.15, 0.2) is 0 Å². The van der Waals surface area contributed by atoms with Crippen molar-refractivity contribution in [2.45, 2.75) is 12.5 Å². The van der Waals surface area contributed by atoms with Crippen molar-refractivity contribution in [1.82, 2.24) is 5.32 Å². The van der Waals surface area contributed by atoms with Crippen molar-refractivity contribution in [3.8, 4) is 0 Å². The summed E-state index contributed by atoms with van der Waals surface area (Å²) < 4.78 is 0. The molecule has 4 heteroatoms. The lowest BCUT2D eigenvalue weighted by Gasteiger charge is -2.22. The summed E-state index contributed by atoms with van der Waals surface area (Å²) in [5.41, 5.74) is 0. The van der Waals surface area contributed by atoms with E-state index in [2.05, 4.69) is 5.32 Å². The van der Waals surface area contributed by atoms with E-state index in [1.54, 1.807) is 0 Å². The highest BCUT2D eigenvalue weighted by Crippen LogP contribution is 1.99. The molecule has 0 radical (unpaired) electrons. The van der Waals surface area contributed by atoms with Crippen LogP contribution in [0.3, 0.4) is 0 Å². The van der Waals surface area contributed by atoms with Gasteiger partial charge in [0.05, 0.1) is 0 Å². The van der Waals surface area contributed by atoms with Gasteiger partial charge >= 0.3 is 5.97 Å². The van der Waals surface area contributed by atoms with Crippen molar-refractivity contribution in [3.05, 3.63) is 0 Å². The number of nitrogens with one attached hydrogen (secondary N) is 1. The van der Waals surface area contributed by atoms with Crippen LogP contribution < -0.4 is 5.32 Å². The second kappa shape index (κ2) is 2.89. The molecule has 1 rings (SSSR count). The lowest BCUT2D eigenvalue weighted by molar-refractivity contribution is -0.141. The van der Waals surface area contributed by atoms with Gasteiger partial charge in [-0.2, -0.15) is 0 Å².